The standard InChI is InChI=1S/C18H20N2O3S.ClH/c21-18(20-8-1-6-19-7-9-20)17-5-4-16(24-17)13-2-3-14-15(12-13)23-11-10-22-14;/h2-5,12,19H,1,6-11H2;1H. The minimum absolute atomic E-state index is 0. The van der Waals surface area contributed by atoms with Gasteiger partial charge in [-0.05, 0) is 48.9 Å². The van der Waals surface area contributed by atoms with Crippen LogP contribution in [0.4, 0.5) is 0 Å². The fourth-order valence-electron chi connectivity index (χ4n) is 3.01. The van der Waals surface area contributed by atoms with Crippen LogP contribution in [0.2, 0.25) is 0 Å². The van der Waals surface area contributed by atoms with E-state index in [9.17, 15) is 4.79 Å². The van der Waals surface area contributed by atoms with Gasteiger partial charge in [0.15, 0.2) is 11.5 Å². The molecule has 3 heterocycles. The van der Waals surface area contributed by atoms with Crippen molar-refractivity contribution >= 4 is 29.7 Å². The molecule has 0 radical (unpaired) electrons. The summed E-state index contributed by atoms with van der Waals surface area (Å²) in [5.74, 6) is 1.70. The number of hydrogen-bond acceptors (Lipinski definition) is 5. The van der Waals surface area contributed by atoms with Crippen LogP contribution in [0.15, 0.2) is 30.3 Å². The van der Waals surface area contributed by atoms with Gasteiger partial charge in [-0.1, -0.05) is 0 Å². The summed E-state index contributed by atoms with van der Waals surface area (Å²) in [6.07, 6.45) is 1.01. The van der Waals surface area contributed by atoms with Gasteiger partial charge in [0, 0.05) is 24.5 Å². The highest BCUT2D eigenvalue weighted by atomic mass is 35.5. The molecule has 1 aromatic carbocycles. The van der Waals surface area contributed by atoms with Crippen LogP contribution in [0.25, 0.3) is 10.4 Å². The fourth-order valence-corrected chi connectivity index (χ4v) is 3.98. The van der Waals surface area contributed by atoms with E-state index in [0.29, 0.717) is 13.2 Å². The summed E-state index contributed by atoms with van der Waals surface area (Å²) in [6, 6.07) is 9.89. The van der Waals surface area contributed by atoms with Gasteiger partial charge in [0.2, 0.25) is 0 Å². The second-order valence-electron chi connectivity index (χ2n) is 5.92. The summed E-state index contributed by atoms with van der Waals surface area (Å²) in [5.41, 5.74) is 1.06. The molecule has 1 fully saturated rings. The Labute approximate surface area is 157 Å². The Morgan fingerprint density at radius 2 is 1.88 bits per heavy atom. The zero-order chi connectivity index (χ0) is 16.4. The second-order valence-corrected chi connectivity index (χ2v) is 7.00. The highest BCUT2D eigenvalue weighted by Crippen LogP contribution is 2.37. The molecule has 25 heavy (non-hydrogen) atoms. The highest BCUT2D eigenvalue weighted by Gasteiger charge is 2.20. The Balaban J connectivity index is 0.00000182. The quantitative estimate of drug-likeness (QED) is 0.870. The molecular weight excluding hydrogens is 360 g/mol. The van der Waals surface area contributed by atoms with E-state index in [2.05, 4.69) is 5.32 Å². The van der Waals surface area contributed by atoms with Crippen LogP contribution in [-0.4, -0.2) is 50.2 Å². The Morgan fingerprint density at radius 1 is 1.04 bits per heavy atom. The van der Waals surface area contributed by atoms with E-state index < -0.39 is 0 Å². The van der Waals surface area contributed by atoms with Crippen molar-refractivity contribution in [1.29, 1.82) is 0 Å². The fraction of sp³-hybridized carbons (Fsp3) is 0.389. The van der Waals surface area contributed by atoms with Crippen molar-refractivity contribution in [2.24, 2.45) is 0 Å². The number of thiophene rings is 1. The molecule has 0 atom stereocenters. The average molecular weight is 381 g/mol. The lowest BCUT2D eigenvalue weighted by molar-refractivity contribution is 0.0771. The molecule has 1 aromatic heterocycles. The molecular formula is C18H21ClN2O3S. The van der Waals surface area contributed by atoms with Gasteiger partial charge in [0.25, 0.3) is 5.91 Å². The number of fused-ring (bicyclic) bond motifs is 1. The number of benzene rings is 1. The van der Waals surface area contributed by atoms with Crippen LogP contribution in [-0.2, 0) is 0 Å². The van der Waals surface area contributed by atoms with E-state index in [0.717, 1.165) is 59.4 Å². The summed E-state index contributed by atoms with van der Waals surface area (Å²) in [6.45, 7) is 4.62. The summed E-state index contributed by atoms with van der Waals surface area (Å²) in [4.78, 5) is 16.5. The first kappa shape index (κ1) is 18.0. The number of carbonyl (C=O) groups excluding carboxylic acids is 1. The number of hydrogen-bond donors (Lipinski definition) is 1. The minimum Gasteiger partial charge on any atom is -0.486 e. The summed E-state index contributed by atoms with van der Waals surface area (Å²) >= 11 is 1.54. The Kier molecular flexibility index (Phi) is 5.83. The van der Waals surface area contributed by atoms with Crippen molar-refractivity contribution in [3.63, 3.8) is 0 Å². The largest absolute Gasteiger partial charge is 0.486 e. The van der Waals surface area contributed by atoms with Crippen LogP contribution in [0.1, 0.15) is 16.1 Å². The van der Waals surface area contributed by atoms with Gasteiger partial charge in [-0.2, -0.15) is 0 Å². The van der Waals surface area contributed by atoms with Gasteiger partial charge in [-0.25, -0.2) is 0 Å². The first-order valence-corrected chi connectivity index (χ1v) is 9.13. The Bertz CT molecular complexity index is 742. The molecule has 134 valence electrons. The Hall–Kier alpha value is -1.76. The molecule has 0 saturated carbocycles. The van der Waals surface area contributed by atoms with E-state index in [1.807, 2.05) is 35.2 Å². The van der Waals surface area contributed by atoms with Gasteiger partial charge in [-0.15, -0.1) is 23.7 Å². The molecule has 2 aliphatic heterocycles. The maximum atomic E-state index is 12.7. The number of carbonyl (C=O) groups is 1. The van der Waals surface area contributed by atoms with Crippen molar-refractivity contribution < 1.29 is 14.3 Å². The zero-order valence-corrected chi connectivity index (χ0v) is 15.5. The smallest absolute Gasteiger partial charge is 0.263 e. The molecule has 7 heteroatoms. The van der Waals surface area contributed by atoms with Crippen LogP contribution < -0.4 is 14.8 Å². The third kappa shape index (κ3) is 3.92. The van der Waals surface area contributed by atoms with E-state index in [1.165, 1.54) is 11.3 Å². The maximum Gasteiger partial charge on any atom is 0.263 e. The predicted molar refractivity (Wildman–Crippen MR) is 101 cm³/mol. The number of rotatable bonds is 2. The first-order chi connectivity index (χ1) is 11.8. The highest BCUT2D eigenvalue weighted by molar-refractivity contribution is 7.17. The molecule has 4 rings (SSSR count). The SMILES string of the molecule is Cl.O=C(c1ccc(-c2ccc3c(c2)OCCO3)s1)N1CCCNCC1. The van der Waals surface area contributed by atoms with Crippen molar-refractivity contribution in [3.05, 3.63) is 35.2 Å². The van der Waals surface area contributed by atoms with Gasteiger partial charge in [0.1, 0.15) is 13.2 Å². The number of nitrogens with one attached hydrogen (secondary N) is 1. The third-order valence-corrected chi connectivity index (χ3v) is 5.39. The van der Waals surface area contributed by atoms with E-state index in [1.54, 1.807) is 0 Å². The lowest BCUT2D eigenvalue weighted by atomic mass is 10.1. The molecule has 0 bridgehead atoms. The number of amides is 1. The summed E-state index contributed by atoms with van der Waals surface area (Å²) in [7, 11) is 0. The van der Waals surface area contributed by atoms with Gasteiger partial charge in [0.05, 0.1) is 4.88 Å². The first-order valence-electron chi connectivity index (χ1n) is 8.31. The van der Waals surface area contributed by atoms with E-state index in [4.69, 9.17) is 9.47 Å². The second kappa shape index (κ2) is 8.08. The van der Waals surface area contributed by atoms with Crippen LogP contribution in [0.5, 0.6) is 11.5 Å². The van der Waals surface area contributed by atoms with E-state index in [-0.39, 0.29) is 18.3 Å². The van der Waals surface area contributed by atoms with Crippen molar-refractivity contribution in [1.82, 2.24) is 10.2 Å². The van der Waals surface area contributed by atoms with E-state index >= 15 is 0 Å². The zero-order valence-electron chi connectivity index (χ0n) is 13.8. The lowest BCUT2D eigenvalue weighted by Gasteiger charge is -2.19. The number of ether oxygens (including phenoxy) is 2. The van der Waals surface area contributed by atoms with Crippen LogP contribution in [0, 0.1) is 0 Å². The van der Waals surface area contributed by atoms with Crippen molar-refractivity contribution in [2.45, 2.75) is 6.42 Å². The van der Waals surface area contributed by atoms with Gasteiger partial charge < -0.3 is 19.7 Å². The molecule has 1 saturated heterocycles. The van der Waals surface area contributed by atoms with Crippen LogP contribution >= 0.6 is 23.7 Å². The van der Waals surface area contributed by atoms with Gasteiger partial charge in [-0.3, -0.25) is 4.79 Å². The molecule has 1 amide bonds. The Morgan fingerprint density at radius 3 is 2.76 bits per heavy atom. The molecule has 0 unspecified atom stereocenters. The molecule has 5 nitrogen and oxygen atoms in total. The predicted octanol–water partition coefficient (Wildman–Crippen LogP) is 3.04. The average Bonchev–Trinajstić information content (AvgIpc) is 2.96. The van der Waals surface area contributed by atoms with Crippen molar-refractivity contribution in [2.75, 3.05) is 39.4 Å². The minimum atomic E-state index is 0. The summed E-state index contributed by atoms with van der Waals surface area (Å²) < 4.78 is 11.2. The normalized spacial score (nSPS) is 16.7. The third-order valence-electron chi connectivity index (χ3n) is 4.27. The molecule has 0 aliphatic carbocycles. The topological polar surface area (TPSA) is 50.8 Å². The molecule has 1 N–H and O–H groups in total. The van der Waals surface area contributed by atoms with Crippen LogP contribution in [0.3, 0.4) is 0 Å². The number of halogens is 1. The number of nitrogens with zero attached hydrogens (tertiary/aromatic N) is 1. The maximum absolute atomic E-state index is 12.7. The summed E-state index contributed by atoms with van der Waals surface area (Å²) in [5, 5.41) is 3.33. The van der Waals surface area contributed by atoms with Gasteiger partial charge >= 0.3 is 0 Å². The lowest BCUT2D eigenvalue weighted by Crippen LogP contribution is -2.33. The molecule has 0 spiro atoms. The molecule has 2 aromatic rings. The molecule has 2 aliphatic rings. The monoisotopic (exact) mass is 380 g/mol. The van der Waals surface area contributed by atoms with Crippen molar-refractivity contribution in [3.8, 4) is 21.9 Å².